The Morgan fingerprint density at radius 2 is 2.08 bits per heavy atom. The molecule has 0 amide bonds. The molecule has 6 nitrogen and oxygen atoms in total. The Kier molecular flexibility index (Phi) is 5.52. The minimum atomic E-state index is -1.69. The monoisotopic (exact) mass is 371 g/mol. The molecule has 1 N–H and O–H groups in total. The van der Waals surface area contributed by atoms with Crippen LogP contribution in [0.5, 0.6) is 0 Å². The molecule has 2 rings (SSSR count). The number of hydrogen-bond acceptors (Lipinski definition) is 5. The Morgan fingerprint density at radius 1 is 1.38 bits per heavy atom. The van der Waals surface area contributed by atoms with Crippen LogP contribution >= 0.6 is 23.2 Å². The van der Waals surface area contributed by atoms with Crippen molar-refractivity contribution in [2.24, 2.45) is 5.41 Å². The van der Waals surface area contributed by atoms with Gasteiger partial charge in [0, 0.05) is 15.6 Å². The van der Waals surface area contributed by atoms with Gasteiger partial charge in [0.2, 0.25) is 0 Å². The van der Waals surface area contributed by atoms with Gasteiger partial charge >= 0.3 is 5.97 Å². The number of rotatable bonds is 6. The van der Waals surface area contributed by atoms with E-state index >= 15 is 0 Å². The molecule has 0 saturated heterocycles. The molecule has 0 aliphatic rings. The lowest BCUT2D eigenvalue weighted by Crippen LogP contribution is -2.51. The van der Waals surface area contributed by atoms with Crippen molar-refractivity contribution in [3.05, 3.63) is 46.5 Å². The topological polar surface area (TPSA) is 77.2 Å². The van der Waals surface area contributed by atoms with Crippen LogP contribution in [0, 0.1) is 5.41 Å². The summed E-state index contributed by atoms with van der Waals surface area (Å²) >= 11 is 12.3. The van der Waals surface area contributed by atoms with Gasteiger partial charge < -0.3 is 9.84 Å². The summed E-state index contributed by atoms with van der Waals surface area (Å²) in [4.78, 5) is 16.4. The van der Waals surface area contributed by atoms with Gasteiger partial charge in [-0.1, -0.05) is 29.3 Å². The fourth-order valence-corrected chi connectivity index (χ4v) is 3.04. The summed E-state index contributed by atoms with van der Waals surface area (Å²) < 4.78 is 6.58. The van der Waals surface area contributed by atoms with Crippen LogP contribution in [0.1, 0.15) is 26.3 Å². The molecule has 0 fully saturated rings. The lowest BCUT2D eigenvalue weighted by atomic mass is 9.70. The number of halogens is 2. The third-order valence-corrected chi connectivity index (χ3v) is 4.60. The highest BCUT2D eigenvalue weighted by molar-refractivity contribution is 6.35. The number of nitrogens with zero attached hydrogens (tertiary/aromatic N) is 3. The van der Waals surface area contributed by atoms with Crippen molar-refractivity contribution in [2.45, 2.75) is 32.9 Å². The number of aromatic nitrogens is 3. The van der Waals surface area contributed by atoms with Crippen molar-refractivity contribution in [1.82, 2.24) is 14.8 Å². The third kappa shape index (κ3) is 3.41. The first-order chi connectivity index (χ1) is 11.2. The molecule has 1 heterocycles. The first kappa shape index (κ1) is 18.7. The molecule has 0 aliphatic carbocycles. The number of carbonyl (C=O) groups is 1. The number of benzene rings is 1. The second-order valence-electron chi connectivity index (χ2n) is 5.92. The van der Waals surface area contributed by atoms with Gasteiger partial charge in [-0.3, -0.25) is 4.79 Å². The van der Waals surface area contributed by atoms with Crippen LogP contribution in [0.4, 0.5) is 0 Å². The highest BCUT2D eigenvalue weighted by atomic mass is 35.5. The Balaban J connectivity index is 2.58. The van der Waals surface area contributed by atoms with Crippen molar-refractivity contribution in [1.29, 1.82) is 0 Å². The van der Waals surface area contributed by atoms with E-state index in [1.54, 1.807) is 32.9 Å². The molecule has 1 unspecified atom stereocenters. The maximum atomic E-state index is 12.5. The molecule has 0 spiro atoms. The molecule has 1 aromatic carbocycles. The first-order valence-electron chi connectivity index (χ1n) is 7.40. The van der Waals surface area contributed by atoms with E-state index in [4.69, 9.17) is 27.9 Å². The second-order valence-corrected chi connectivity index (χ2v) is 6.77. The molecule has 0 bridgehead atoms. The maximum Gasteiger partial charge on any atom is 0.314 e. The van der Waals surface area contributed by atoms with E-state index in [2.05, 4.69) is 10.1 Å². The molecule has 2 aromatic rings. The summed E-state index contributed by atoms with van der Waals surface area (Å²) in [5, 5.41) is 16.2. The zero-order valence-corrected chi connectivity index (χ0v) is 15.2. The van der Waals surface area contributed by atoms with E-state index in [0.717, 1.165) is 0 Å². The predicted molar refractivity (Wildman–Crippen MR) is 90.8 cm³/mol. The molecule has 1 atom stereocenters. The van der Waals surface area contributed by atoms with Gasteiger partial charge in [-0.25, -0.2) is 9.67 Å². The summed E-state index contributed by atoms with van der Waals surface area (Å²) in [5.74, 6) is -0.543. The number of carbonyl (C=O) groups excluding carboxylic acids is 1. The molecule has 130 valence electrons. The van der Waals surface area contributed by atoms with Crippen LogP contribution in [0.15, 0.2) is 30.9 Å². The molecule has 0 aliphatic heterocycles. The lowest BCUT2D eigenvalue weighted by molar-refractivity contribution is -0.175. The van der Waals surface area contributed by atoms with Crippen molar-refractivity contribution in [2.75, 3.05) is 6.61 Å². The normalized spacial score (nSPS) is 14.2. The second kappa shape index (κ2) is 7.09. The minimum absolute atomic E-state index is 0.0276. The van der Waals surface area contributed by atoms with Gasteiger partial charge in [0.1, 0.15) is 18.3 Å². The minimum Gasteiger partial charge on any atom is -0.465 e. The van der Waals surface area contributed by atoms with Gasteiger partial charge in [0.05, 0.1) is 18.6 Å². The summed E-state index contributed by atoms with van der Waals surface area (Å²) in [6, 6.07) is 4.73. The fourth-order valence-electron chi connectivity index (χ4n) is 2.47. The van der Waals surface area contributed by atoms with Crippen LogP contribution in [0.3, 0.4) is 0 Å². The predicted octanol–water partition coefficient (Wildman–Crippen LogP) is 3.06. The average Bonchev–Trinajstić information content (AvgIpc) is 2.99. The van der Waals surface area contributed by atoms with E-state index in [0.29, 0.717) is 10.6 Å². The number of esters is 1. The van der Waals surface area contributed by atoms with Crippen LogP contribution in [0.25, 0.3) is 0 Å². The Labute approximate surface area is 150 Å². The van der Waals surface area contributed by atoms with E-state index in [9.17, 15) is 9.90 Å². The number of ether oxygens (including phenoxy) is 1. The average molecular weight is 372 g/mol. The molecule has 1 aromatic heterocycles. The van der Waals surface area contributed by atoms with Gasteiger partial charge in [0.25, 0.3) is 0 Å². The highest BCUT2D eigenvalue weighted by Gasteiger charge is 2.52. The summed E-state index contributed by atoms with van der Waals surface area (Å²) in [5.41, 5.74) is -2.62. The largest absolute Gasteiger partial charge is 0.465 e. The summed E-state index contributed by atoms with van der Waals surface area (Å²) in [7, 11) is 0. The standard InChI is InChI=1S/C16H19Cl2N3O3/c1-4-24-14(22)15(2,3)16(23,8-21-10-19-9-20-21)12-6-5-11(17)7-13(12)18/h5-7,9-10,23H,4,8H2,1-3H3. The number of hydrogen-bond donors (Lipinski definition) is 1. The van der Waals surface area contributed by atoms with Crippen LogP contribution in [-0.4, -0.2) is 32.4 Å². The quantitative estimate of drug-likeness (QED) is 0.789. The zero-order chi connectivity index (χ0) is 18.0. The molecular weight excluding hydrogens is 353 g/mol. The highest BCUT2D eigenvalue weighted by Crippen LogP contribution is 2.45. The van der Waals surface area contributed by atoms with E-state index < -0.39 is 17.0 Å². The lowest BCUT2D eigenvalue weighted by Gasteiger charge is -2.41. The van der Waals surface area contributed by atoms with Gasteiger partial charge in [-0.2, -0.15) is 5.10 Å². The smallest absolute Gasteiger partial charge is 0.314 e. The van der Waals surface area contributed by atoms with Crippen LogP contribution in [-0.2, 0) is 21.7 Å². The third-order valence-electron chi connectivity index (χ3n) is 4.05. The van der Waals surface area contributed by atoms with Crippen molar-refractivity contribution in [3.63, 3.8) is 0 Å². The molecule has 0 saturated carbocycles. The molecule has 0 radical (unpaired) electrons. The zero-order valence-electron chi connectivity index (χ0n) is 13.7. The van der Waals surface area contributed by atoms with Gasteiger partial charge in [-0.15, -0.1) is 0 Å². The van der Waals surface area contributed by atoms with Crippen LogP contribution < -0.4 is 0 Å². The summed E-state index contributed by atoms with van der Waals surface area (Å²) in [6.45, 7) is 5.09. The maximum absolute atomic E-state index is 12.5. The van der Waals surface area contributed by atoms with Crippen molar-refractivity contribution >= 4 is 29.2 Å². The Hall–Kier alpha value is -1.63. The summed E-state index contributed by atoms with van der Waals surface area (Å²) in [6.07, 6.45) is 2.80. The fraction of sp³-hybridized carbons (Fsp3) is 0.438. The van der Waals surface area contributed by atoms with Gasteiger partial charge in [-0.05, 0) is 32.9 Å². The molecular formula is C16H19Cl2N3O3. The Bertz CT molecular complexity index is 719. The van der Waals surface area contributed by atoms with Crippen molar-refractivity contribution in [3.8, 4) is 0 Å². The first-order valence-corrected chi connectivity index (χ1v) is 8.15. The van der Waals surface area contributed by atoms with Crippen molar-refractivity contribution < 1.29 is 14.6 Å². The SMILES string of the molecule is CCOC(=O)C(C)(C)C(O)(Cn1cncn1)c1ccc(Cl)cc1Cl. The molecule has 24 heavy (non-hydrogen) atoms. The van der Waals surface area contributed by atoms with Crippen LogP contribution in [0.2, 0.25) is 10.0 Å². The van der Waals surface area contributed by atoms with E-state index in [1.165, 1.54) is 23.4 Å². The Morgan fingerprint density at radius 3 is 2.62 bits per heavy atom. The number of aliphatic hydroxyl groups is 1. The van der Waals surface area contributed by atoms with E-state index in [-0.39, 0.29) is 18.2 Å². The molecule has 8 heteroatoms. The van der Waals surface area contributed by atoms with Gasteiger partial charge in [0.15, 0.2) is 0 Å². The van der Waals surface area contributed by atoms with E-state index in [1.807, 2.05) is 0 Å².